The first kappa shape index (κ1) is 10.1. The van der Waals surface area contributed by atoms with Gasteiger partial charge in [-0.2, -0.15) is 0 Å². The van der Waals surface area contributed by atoms with Crippen LogP contribution in [0.15, 0.2) is 24.5 Å². The summed E-state index contributed by atoms with van der Waals surface area (Å²) in [6.45, 7) is 0. The molecule has 2 atom stereocenters. The van der Waals surface area contributed by atoms with Crippen LogP contribution in [0.3, 0.4) is 0 Å². The zero-order valence-corrected chi connectivity index (χ0v) is 8.60. The Kier molecular flexibility index (Phi) is 2.99. The number of aliphatic carboxylic acids is 1. The second-order valence-corrected chi connectivity index (χ2v) is 4.20. The van der Waals surface area contributed by atoms with Gasteiger partial charge < -0.3 is 5.11 Å². The second-order valence-electron chi connectivity index (χ2n) is 4.20. The lowest BCUT2D eigenvalue weighted by molar-refractivity contribution is -0.142. The van der Waals surface area contributed by atoms with Crippen molar-refractivity contribution in [2.45, 2.75) is 25.7 Å². The average Bonchev–Trinajstić information content (AvgIpc) is 2.67. The number of pyridine rings is 1. The first-order valence-electron chi connectivity index (χ1n) is 5.39. The van der Waals surface area contributed by atoms with Gasteiger partial charge in [0.15, 0.2) is 0 Å². The molecular weight excluding hydrogens is 190 g/mol. The fourth-order valence-electron chi connectivity index (χ4n) is 2.43. The summed E-state index contributed by atoms with van der Waals surface area (Å²) in [7, 11) is 0. The van der Waals surface area contributed by atoms with Crippen molar-refractivity contribution in [3.63, 3.8) is 0 Å². The van der Waals surface area contributed by atoms with Crippen molar-refractivity contribution in [3.05, 3.63) is 30.1 Å². The highest BCUT2D eigenvalue weighted by Gasteiger charge is 2.32. The van der Waals surface area contributed by atoms with Crippen LogP contribution in [0.25, 0.3) is 0 Å². The predicted octanol–water partition coefficient (Wildman–Crippen LogP) is 2.12. The first-order chi connectivity index (χ1) is 7.27. The largest absolute Gasteiger partial charge is 0.481 e. The van der Waals surface area contributed by atoms with Gasteiger partial charge in [0.25, 0.3) is 0 Å². The number of aromatic nitrogens is 1. The van der Waals surface area contributed by atoms with Gasteiger partial charge in [0.2, 0.25) is 0 Å². The number of hydrogen-bond donors (Lipinski definition) is 1. The summed E-state index contributed by atoms with van der Waals surface area (Å²) in [5, 5.41) is 9.05. The molecule has 15 heavy (non-hydrogen) atoms. The van der Waals surface area contributed by atoms with E-state index in [-0.39, 0.29) is 5.92 Å². The van der Waals surface area contributed by atoms with Crippen LogP contribution >= 0.6 is 0 Å². The van der Waals surface area contributed by atoms with Crippen molar-refractivity contribution in [2.24, 2.45) is 11.8 Å². The molecule has 80 valence electrons. The van der Waals surface area contributed by atoms with E-state index >= 15 is 0 Å². The zero-order chi connectivity index (χ0) is 10.7. The third-order valence-corrected chi connectivity index (χ3v) is 3.22. The van der Waals surface area contributed by atoms with E-state index in [4.69, 9.17) is 5.11 Å². The van der Waals surface area contributed by atoms with E-state index in [0.29, 0.717) is 5.92 Å². The average molecular weight is 205 g/mol. The quantitative estimate of drug-likeness (QED) is 0.822. The summed E-state index contributed by atoms with van der Waals surface area (Å²) in [5.41, 5.74) is 1.20. The maximum absolute atomic E-state index is 11.0. The van der Waals surface area contributed by atoms with Crippen molar-refractivity contribution in [2.75, 3.05) is 0 Å². The van der Waals surface area contributed by atoms with Crippen LogP contribution in [0.5, 0.6) is 0 Å². The maximum Gasteiger partial charge on any atom is 0.306 e. The van der Waals surface area contributed by atoms with Crippen molar-refractivity contribution >= 4 is 5.97 Å². The highest BCUT2D eigenvalue weighted by Crippen LogP contribution is 2.34. The Morgan fingerprint density at radius 3 is 2.80 bits per heavy atom. The minimum Gasteiger partial charge on any atom is -0.481 e. The Morgan fingerprint density at radius 1 is 1.40 bits per heavy atom. The summed E-state index contributed by atoms with van der Waals surface area (Å²) in [5.74, 6) is -0.463. The van der Waals surface area contributed by atoms with Gasteiger partial charge >= 0.3 is 5.97 Å². The molecule has 0 bridgehead atoms. The molecule has 0 saturated heterocycles. The molecule has 1 aliphatic carbocycles. The van der Waals surface area contributed by atoms with E-state index in [9.17, 15) is 4.79 Å². The van der Waals surface area contributed by atoms with Crippen molar-refractivity contribution in [1.29, 1.82) is 0 Å². The fourth-order valence-corrected chi connectivity index (χ4v) is 2.43. The van der Waals surface area contributed by atoms with Gasteiger partial charge in [-0.1, -0.05) is 6.42 Å². The van der Waals surface area contributed by atoms with Gasteiger partial charge in [-0.25, -0.2) is 0 Å². The van der Waals surface area contributed by atoms with Crippen molar-refractivity contribution < 1.29 is 9.90 Å². The second kappa shape index (κ2) is 4.43. The lowest BCUT2D eigenvalue weighted by atomic mass is 9.90. The molecule has 3 nitrogen and oxygen atoms in total. The number of carboxylic acids is 1. The minimum absolute atomic E-state index is 0.141. The van der Waals surface area contributed by atoms with E-state index in [1.165, 1.54) is 5.56 Å². The molecule has 0 amide bonds. The van der Waals surface area contributed by atoms with E-state index in [0.717, 1.165) is 25.7 Å². The third-order valence-electron chi connectivity index (χ3n) is 3.22. The van der Waals surface area contributed by atoms with Crippen molar-refractivity contribution in [1.82, 2.24) is 4.98 Å². The smallest absolute Gasteiger partial charge is 0.306 e. The standard InChI is InChI=1S/C12H15NO2/c14-12(15)11-3-1-2-10(11)8-9-4-6-13-7-5-9/h4-7,10-11H,1-3,8H2,(H,14,15). The Hall–Kier alpha value is -1.38. The number of nitrogens with zero attached hydrogens (tertiary/aromatic N) is 1. The number of hydrogen-bond acceptors (Lipinski definition) is 2. The SMILES string of the molecule is O=C(O)C1CCCC1Cc1ccncc1. The Labute approximate surface area is 89.2 Å². The van der Waals surface area contributed by atoms with Crippen LogP contribution in [-0.4, -0.2) is 16.1 Å². The molecular formula is C12H15NO2. The minimum atomic E-state index is -0.633. The summed E-state index contributed by atoms with van der Waals surface area (Å²) in [6.07, 6.45) is 7.33. The Bertz CT molecular complexity index is 337. The van der Waals surface area contributed by atoms with Crippen LogP contribution < -0.4 is 0 Å². The first-order valence-corrected chi connectivity index (χ1v) is 5.39. The van der Waals surface area contributed by atoms with Gasteiger partial charge in [0.05, 0.1) is 5.92 Å². The molecule has 1 saturated carbocycles. The van der Waals surface area contributed by atoms with E-state index in [2.05, 4.69) is 4.98 Å². The molecule has 2 rings (SSSR count). The number of rotatable bonds is 3. The van der Waals surface area contributed by atoms with Crippen molar-refractivity contribution in [3.8, 4) is 0 Å². The van der Waals surface area contributed by atoms with Gasteiger partial charge in [-0.3, -0.25) is 9.78 Å². The van der Waals surface area contributed by atoms with Crippen LogP contribution in [0.4, 0.5) is 0 Å². The topological polar surface area (TPSA) is 50.2 Å². The summed E-state index contributed by atoms with van der Waals surface area (Å²) in [6, 6.07) is 3.94. The molecule has 0 spiro atoms. The molecule has 1 aliphatic rings. The summed E-state index contributed by atoms with van der Waals surface area (Å²) >= 11 is 0. The predicted molar refractivity (Wildman–Crippen MR) is 56.4 cm³/mol. The molecule has 1 N–H and O–H groups in total. The van der Waals surface area contributed by atoms with E-state index in [1.54, 1.807) is 12.4 Å². The zero-order valence-electron chi connectivity index (χ0n) is 8.60. The van der Waals surface area contributed by atoms with Gasteiger partial charge in [0.1, 0.15) is 0 Å². The molecule has 0 radical (unpaired) electrons. The molecule has 1 heterocycles. The number of carboxylic acid groups (broad SMARTS) is 1. The van der Waals surface area contributed by atoms with Crippen LogP contribution in [-0.2, 0) is 11.2 Å². The van der Waals surface area contributed by atoms with Gasteiger partial charge in [0, 0.05) is 12.4 Å². The Morgan fingerprint density at radius 2 is 2.13 bits per heavy atom. The van der Waals surface area contributed by atoms with Crippen LogP contribution in [0.1, 0.15) is 24.8 Å². The third kappa shape index (κ3) is 2.35. The fraction of sp³-hybridized carbons (Fsp3) is 0.500. The molecule has 3 heteroatoms. The highest BCUT2D eigenvalue weighted by molar-refractivity contribution is 5.70. The van der Waals surface area contributed by atoms with E-state index in [1.807, 2.05) is 12.1 Å². The van der Waals surface area contributed by atoms with E-state index < -0.39 is 5.97 Å². The lowest BCUT2D eigenvalue weighted by Gasteiger charge is -2.15. The number of carbonyl (C=O) groups is 1. The highest BCUT2D eigenvalue weighted by atomic mass is 16.4. The summed E-state index contributed by atoms with van der Waals surface area (Å²) < 4.78 is 0. The van der Waals surface area contributed by atoms with Gasteiger partial charge in [-0.15, -0.1) is 0 Å². The van der Waals surface area contributed by atoms with Crippen LogP contribution in [0, 0.1) is 11.8 Å². The lowest BCUT2D eigenvalue weighted by Crippen LogP contribution is -2.19. The molecule has 1 aromatic heterocycles. The monoisotopic (exact) mass is 205 g/mol. The Balaban J connectivity index is 2.03. The summed E-state index contributed by atoms with van der Waals surface area (Å²) in [4.78, 5) is 14.9. The molecule has 1 fully saturated rings. The molecule has 0 aliphatic heterocycles. The van der Waals surface area contributed by atoms with Gasteiger partial charge in [-0.05, 0) is 42.9 Å². The molecule has 1 aromatic rings. The molecule has 2 unspecified atom stereocenters. The van der Waals surface area contributed by atoms with Crippen LogP contribution in [0.2, 0.25) is 0 Å². The normalized spacial score (nSPS) is 25.3. The maximum atomic E-state index is 11.0. The molecule has 0 aromatic carbocycles.